The zero-order chi connectivity index (χ0) is 14.7. The molecule has 0 spiro atoms. The first kappa shape index (κ1) is 12.2. The molecule has 1 aliphatic carbocycles. The molecule has 0 fully saturated rings. The number of Topliss-reactive ketones (excluding diaryl/α,β-unsaturated/α-hetero) is 1. The van der Waals surface area contributed by atoms with Crippen molar-refractivity contribution in [3.05, 3.63) is 58.5 Å². The SMILES string of the molecule is O=C1CCCC2=C1c1[nH]ncc1C1c3ccccc3CCN21. The number of fused-ring (bicyclic) bond motifs is 7. The smallest absolute Gasteiger partial charge is 0.166 e. The van der Waals surface area contributed by atoms with E-state index in [0.29, 0.717) is 6.42 Å². The van der Waals surface area contributed by atoms with E-state index in [1.165, 1.54) is 16.8 Å². The lowest BCUT2D eigenvalue weighted by atomic mass is 9.79. The van der Waals surface area contributed by atoms with Gasteiger partial charge in [-0.15, -0.1) is 0 Å². The Labute approximate surface area is 128 Å². The first-order valence-electron chi connectivity index (χ1n) is 7.99. The molecule has 1 aromatic carbocycles. The van der Waals surface area contributed by atoms with E-state index in [2.05, 4.69) is 39.4 Å². The van der Waals surface area contributed by atoms with E-state index in [1.54, 1.807) is 0 Å². The minimum Gasteiger partial charge on any atom is -0.363 e. The maximum absolute atomic E-state index is 12.5. The van der Waals surface area contributed by atoms with Crippen molar-refractivity contribution in [1.82, 2.24) is 15.1 Å². The van der Waals surface area contributed by atoms with Crippen LogP contribution in [0, 0.1) is 0 Å². The molecule has 22 heavy (non-hydrogen) atoms. The van der Waals surface area contributed by atoms with Gasteiger partial charge in [-0.3, -0.25) is 9.89 Å². The highest BCUT2D eigenvalue weighted by Crippen LogP contribution is 2.47. The van der Waals surface area contributed by atoms with Crippen LogP contribution in [0.1, 0.15) is 47.7 Å². The van der Waals surface area contributed by atoms with Crippen LogP contribution in [0.25, 0.3) is 5.57 Å². The molecular formula is C18H17N3O. The average molecular weight is 291 g/mol. The second-order valence-corrected chi connectivity index (χ2v) is 6.34. The Balaban J connectivity index is 1.78. The van der Waals surface area contributed by atoms with Crippen LogP contribution < -0.4 is 0 Å². The zero-order valence-corrected chi connectivity index (χ0v) is 12.3. The fourth-order valence-electron chi connectivity index (χ4n) is 4.29. The summed E-state index contributed by atoms with van der Waals surface area (Å²) in [6.45, 7) is 0.985. The molecule has 1 atom stereocenters. The van der Waals surface area contributed by atoms with Crippen molar-refractivity contribution in [3.63, 3.8) is 0 Å². The Kier molecular flexibility index (Phi) is 2.40. The third-order valence-electron chi connectivity index (χ3n) is 5.23. The molecule has 1 N–H and O–H groups in total. The number of nitrogens with one attached hydrogen (secondary N) is 1. The number of rotatable bonds is 0. The summed E-state index contributed by atoms with van der Waals surface area (Å²) in [4.78, 5) is 14.9. The summed E-state index contributed by atoms with van der Waals surface area (Å²) < 4.78 is 0. The fourth-order valence-corrected chi connectivity index (χ4v) is 4.29. The summed E-state index contributed by atoms with van der Waals surface area (Å²) >= 11 is 0. The Hall–Kier alpha value is -2.36. The van der Waals surface area contributed by atoms with Gasteiger partial charge in [-0.05, 0) is 30.4 Å². The predicted octanol–water partition coefficient (Wildman–Crippen LogP) is 2.83. The van der Waals surface area contributed by atoms with Crippen molar-refractivity contribution >= 4 is 11.4 Å². The van der Waals surface area contributed by atoms with Gasteiger partial charge in [-0.1, -0.05) is 24.3 Å². The van der Waals surface area contributed by atoms with E-state index in [9.17, 15) is 4.79 Å². The van der Waals surface area contributed by atoms with Crippen molar-refractivity contribution in [2.75, 3.05) is 6.54 Å². The van der Waals surface area contributed by atoms with Gasteiger partial charge in [0, 0.05) is 24.2 Å². The van der Waals surface area contributed by atoms with E-state index in [0.717, 1.165) is 42.6 Å². The molecule has 4 nitrogen and oxygen atoms in total. The molecule has 1 unspecified atom stereocenters. The molecule has 110 valence electrons. The van der Waals surface area contributed by atoms with Crippen molar-refractivity contribution in [2.24, 2.45) is 0 Å². The predicted molar refractivity (Wildman–Crippen MR) is 83.1 cm³/mol. The summed E-state index contributed by atoms with van der Waals surface area (Å²) in [6.07, 6.45) is 5.57. The van der Waals surface area contributed by atoms with Gasteiger partial charge in [0.1, 0.15) is 0 Å². The minimum absolute atomic E-state index is 0.211. The van der Waals surface area contributed by atoms with E-state index in [1.807, 2.05) is 6.20 Å². The van der Waals surface area contributed by atoms with Crippen molar-refractivity contribution < 1.29 is 4.79 Å². The third kappa shape index (κ3) is 1.47. The molecule has 1 aromatic heterocycles. The van der Waals surface area contributed by atoms with Crippen molar-refractivity contribution in [1.29, 1.82) is 0 Å². The standard InChI is InChI=1S/C18H17N3O/c22-15-7-3-6-14-16(15)17-13(10-19-20-17)18-12-5-2-1-4-11(12)8-9-21(14)18/h1-2,4-5,10,18H,3,6-9H2,(H,19,20). The van der Waals surface area contributed by atoms with Gasteiger partial charge in [0.05, 0.1) is 23.5 Å². The fraction of sp³-hybridized carbons (Fsp3) is 0.333. The van der Waals surface area contributed by atoms with Gasteiger partial charge in [0.2, 0.25) is 0 Å². The number of hydrogen-bond acceptors (Lipinski definition) is 3. The summed E-state index contributed by atoms with van der Waals surface area (Å²) in [5.41, 5.74) is 7.02. The maximum atomic E-state index is 12.5. The topological polar surface area (TPSA) is 49.0 Å². The highest BCUT2D eigenvalue weighted by atomic mass is 16.1. The third-order valence-corrected chi connectivity index (χ3v) is 5.23. The summed E-state index contributed by atoms with van der Waals surface area (Å²) in [5, 5.41) is 7.35. The van der Waals surface area contributed by atoms with Crippen LogP contribution in [-0.2, 0) is 11.2 Å². The Morgan fingerprint density at radius 3 is 3.00 bits per heavy atom. The highest BCUT2D eigenvalue weighted by molar-refractivity contribution is 6.22. The van der Waals surface area contributed by atoms with Crippen molar-refractivity contribution in [3.8, 4) is 0 Å². The molecule has 0 radical (unpaired) electrons. The number of aromatic nitrogens is 2. The Morgan fingerprint density at radius 2 is 2.05 bits per heavy atom. The van der Waals surface area contributed by atoms with Gasteiger partial charge >= 0.3 is 0 Å². The Bertz CT molecular complexity index is 817. The largest absolute Gasteiger partial charge is 0.363 e. The van der Waals surface area contributed by atoms with Gasteiger partial charge in [-0.2, -0.15) is 5.10 Å². The molecule has 4 heteroatoms. The molecule has 3 aliphatic rings. The molecule has 0 bridgehead atoms. The van der Waals surface area contributed by atoms with E-state index < -0.39 is 0 Å². The van der Waals surface area contributed by atoms with Crippen LogP contribution >= 0.6 is 0 Å². The molecule has 2 aliphatic heterocycles. The first-order valence-corrected chi connectivity index (χ1v) is 7.99. The minimum atomic E-state index is 0.211. The van der Waals surface area contributed by atoms with Gasteiger partial charge in [0.15, 0.2) is 5.78 Å². The van der Waals surface area contributed by atoms with Crippen molar-refractivity contribution in [2.45, 2.75) is 31.7 Å². The van der Waals surface area contributed by atoms with Crippen LogP contribution in [0.5, 0.6) is 0 Å². The van der Waals surface area contributed by atoms with E-state index in [-0.39, 0.29) is 11.8 Å². The number of aromatic amines is 1. The van der Waals surface area contributed by atoms with Gasteiger partial charge in [-0.25, -0.2) is 0 Å². The van der Waals surface area contributed by atoms with E-state index >= 15 is 0 Å². The number of carbonyl (C=O) groups excluding carboxylic acids is 1. The normalized spacial score (nSPS) is 22.8. The zero-order valence-electron chi connectivity index (χ0n) is 12.3. The molecule has 2 aromatic rings. The molecule has 0 saturated carbocycles. The van der Waals surface area contributed by atoms with Gasteiger partial charge in [0.25, 0.3) is 0 Å². The van der Waals surface area contributed by atoms with Crippen LogP contribution in [0.4, 0.5) is 0 Å². The number of nitrogens with zero attached hydrogens (tertiary/aromatic N) is 2. The number of H-pyrrole nitrogens is 1. The summed E-state index contributed by atoms with van der Waals surface area (Å²) in [7, 11) is 0. The number of benzene rings is 1. The highest BCUT2D eigenvalue weighted by Gasteiger charge is 2.40. The van der Waals surface area contributed by atoms with Crippen LogP contribution in [0.15, 0.2) is 36.2 Å². The number of carbonyl (C=O) groups is 1. The molecule has 5 rings (SSSR count). The summed E-state index contributed by atoms with van der Waals surface area (Å²) in [5.74, 6) is 0.268. The van der Waals surface area contributed by atoms with E-state index in [4.69, 9.17) is 0 Å². The maximum Gasteiger partial charge on any atom is 0.166 e. The quantitative estimate of drug-likeness (QED) is 0.812. The Morgan fingerprint density at radius 1 is 1.14 bits per heavy atom. The number of ketones is 1. The lowest BCUT2D eigenvalue weighted by Gasteiger charge is -2.45. The van der Waals surface area contributed by atoms with Gasteiger partial charge < -0.3 is 4.90 Å². The lowest BCUT2D eigenvalue weighted by Crippen LogP contribution is -2.40. The number of allylic oxidation sites excluding steroid dienone is 2. The van der Waals surface area contributed by atoms with Crippen LogP contribution in [-0.4, -0.2) is 27.4 Å². The molecule has 0 amide bonds. The second-order valence-electron chi connectivity index (χ2n) is 6.34. The molecular weight excluding hydrogens is 274 g/mol. The lowest BCUT2D eigenvalue weighted by molar-refractivity contribution is -0.114. The first-order chi connectivity index (χ1) is 10.8. The number of hydrogen-bond donors (Lipinski definition) is 1. The molecule has 0 saturated heterocycles. The van der Waals surface area contributed by atoms with Crippen LogP contribution in [0.2, 0.25) is 0 Å². The average Bonchev–Trinajstić information content (AvgIpc) is 3.03. The monoisotopic (exact) mass is 291 g/mol. The van der Waals surface area contributed by atoms with Crippen LogP contribution in [0.3, 0.4) is 0 Å². The second kappa shape index (κ2) is 4.32. The summed E-state index contributed by atoms with van der Waals surface area (Å²) in [6, 6.07) is 8.88. The molecule has 3 heterocycles.